The van der Waals surface area contributed by atoms with Crippen molar-refractivity contribution in [1.82, 2.24) is 0 Å². The average Bonchev–Trinajstić information content (AvgIpc) is 1.84. The lowest BCUT2D eigenvalue weighted by atomic mass is 9.85. The van der Waals surface area contributed by atoms with Crippen LogP contribution >= 0.6 is 0 Å². The van der Waals surface area contributed by atoms with E-state index in [1.54, 1.807) is 0 Å². The summed E-state index contributed by atoms with van der Waals surface area (Å²) in [4.78, 5) is 20.3. The van der Waals surface area contributed by atoms with Crippen LogP contribution in [0.25, 0.3) is 0 Å². The Hall–Kier alpha value is -0.860. The second kappa shape index (κ2) is 4.11. The summed E-state index contributed by atoms with van der Waals surface area (Å²) < 4.78 is 0. The summed E-state index contributed by atoms with van der Waals surface area (Å²) in [6.07, 6.45) is 1.96. The van der Waals surface area contributed by atoms with Crippen molar-refractivity contribution in [2.24, 2.45) is 5.41 Å². The summed E-state index contributed by atoms with van der Waals surface area (Å²) in [7, 11) is 0. The summed E-state index contributed by atoms with van der Waals surface area (Å²) in [5, 5.41) is 8.36. The molecule has 0 aromatic rings. The molecule has 0 heterocycles. The fraction of sp³-hybridized carbons (Fsp3) is 0.750. The van der Waals surface area contributed by atoms with Crippen LogP contribution in [-0.2, 0) is 9.59 Å². The third-order valence-electron chi connectivity index (χ3n) is 1.65. The van der Waals surface area contributed by atoms with Gasteiger partial charge in [-0.1, -0.05) is 13.8 Å². The molecule has 0 fully saturated rings. The van der Waals surface area contributed by atoms with Gasteiger partial charge < -0.3 is 9.90 Å². The van der Waals surface area contributed by atoms with Crippen LogP contribution in [0.15, 0.2) is 0 Å². The highest BCUT2D eigenvalue weighted by Crippen LogP contribution is 2.24. The van der Waals surface area contributed by atoms with Crippen LogP contribution in [0.5, 0.6) is 0 Å². The first-order valence-corrected chi connectivity index (χ1v) is 3.63. The summed E-state index contributed by atoms with van der Waals surface area (Å²) in [6, 6.07) is 0. The van der Waals surface area contributed by atoms with Crippen molar-refractivity contribution >= 4 is 12.3 Å². The highest BCUT2D eigenvalue weighted by atomic mass is 16.4. The van der Waals surface area contributed by atoms with Crippen LogP contribution in [0.2, 0.25) is 0 Å². The normalized spacial score (nSPS) is 11.1. The minimum atomic E-state index is -0.802. The molecule has 0 aromatic heterocycles. The van der Waals surface area contributed by atoms with Gasteiger partial charge in [0, 0.05) is 12.8 Å². The van der Waals surface area contributed by atoms with Gasteiger partial charge in [-0.25, -0.2) is 0 Å². The van der Waals surface area contributed by atoms with Gasteiger partial charge in [0.2, 0.25) is 0 Å². The molecule has 3 heteroatoms. The van der Waals surface area contributed by atoms with Gasteiger partial charge in [-0.2, -0.15) is 0 Å². The monoisotopic (exact) mass is 158 g/mol. The number of carbonyl (C=O) groups is 2. The first-order chi connectivity index (χ1) is 4.98. The second-order valence-corrected chi connectivity index (χ2v) is 3.43. The summed E-state index contributed by atoms with van der Waals surface area (Å²) in [5.74, 6) is -0.802. The quantitative estimate of drug-likeness (QED) is 0.616. The van der Waals surface area contributed by atoms with Gasteiger partial charge in [0.15, 0.2) is 0 Å². The topological polar surface area (TPSA) is 54.4 Å². The molecule has 1 N–H and O–H groups in total. The van der Waals surface area contributed by atoms with Crippen molar-refractivity contribution in [3.63, 3.8) is 0 Å². The Balaban J connectivity index is 3.71. The molecule has 0 aromatic carbocycles. The van der Waals surface area contributed by atoms with Gasteiger partial charge in [0.05, 0.1) is 0 Å². The van der Waals surface area contributed by atoms with Crippen molar-refractivity contribution in [3.05, 3.63) is 0 Å². The Kier molecular flexibility index (Phi) is 3.79. The molecule has 0 aliphatic heterocycles. The molecule has 0 amide bonds. The van der Waals surface area contributed by atoms with Crippen LogP contribution < -0.4 is 0 Å². The number of aliphatic carboxylic acids is 1. The number of aldehydes is 1. The first-order valence-electron chi connectivity index (χ1n) is 3.63. The summed E-state index contributed by atoms with van der Waals surface area (Å²) in [6.45, 7) is 3.79. The molecule has 0 atom stereocenters. The zero-order valence-corrected chi connectivity index (χ0v) is 6.96. The van der Waals surface area contributed by atoms with Crippen molar-refractivity contribution < 1.29 is 14.7 Å². The molecule has 0 spiro atoms. The van der Waals surface area contributed by atoms with Crippen LogP contribution in [0.4, 0.5) is 0 Å². The van der Waals surface area contributed by atoms with Gasteiger partial charge in [-0.3, -0.25) is 4.79 Å². The summed E-state index contributed by atoms with van der Waals surface area (Å²) in [5.41, 5.74) is -0.167. The van der Waals surface area contributed by atoms with Crippen molar-refractivity contribution in [3.8, 4) is 0 Å². The molecule has 3 nitrogen and oxygen atoms in total. The molecule has 0 bridgehead atoms. The fourth-order valence-corrected chi connectivity index (χ4v) is 0.773. The van der Waals surface area contributed by atoms with E-state index in [2.05, 4.69) is 0 Å². The van der Waals surface area contributed by atoms with Gasteiger partial charge >= 0.3 is 5.97 Å². The zero-order valence-electron chi connectivity index (χ0n) is 6.96. The van der Waals surface area contributed by atoms with E-state index in [-0.39, 0.29) is 11.8 Å². The largest absolute Gasteiger partial charge is 0.481 e. The van der Waals surface area contributed by atoms with Crippen LogP contribution in [0.1, 0.15) is 33.1 Å². The molecule has 0 saturated carbocycles. The summed E-state index contributed by atoms with van der Waals surface area (Å²) >= 11 is 0. The Labute approximate surface area is 66.4 Å². The van der Waals surface area contributed by atoms with Crippen LogP contribution in [-0.4, -0.2) is 17.4 Å². The van der Waals surface area contributed by atoms with Gasteiger partial charge in [0.25, 0.3) is 0 Å². The smallest absolute Gasteiger partial charge is 0.303 e. The van der Waals surface area contributed by atoms with E-state index in [0.29, 0.717) is 12.8 Å². The molecule has 0 unspecified atom stereocenters. The highest BCUT2D eigenvalue weighted by molar-refractivity contribution is 5.66. The minimum absolute atomic E-state index is 0.140. The van der Waals surface area contributed by atoms with E-state index in [1.807, 2.05) is 13.8 Å². The third-order valence-corrected chi connectivity index (χ3v) is 1.65. The van der Waals surface area contributed by atoms with Crippen molar-refractivity contribution in [2.75, 3.05) is 0 Å². The fourth-order valence-electron chi connectivity index (χ4n) is 0.773. The van der Waals surface area contributed by atoms with Gasteiger partial charge in [0.1, 0.15) is 6.29 Å². The van der Waals surface area contributed by atoms with Gasteiger partial charge in [-0.05, 0) is 11.8 Å². The molecule has 0 aliphatic rings. The molecule has 0 rings (SSSR count). The average molecular weight is 158 g/mol. The SMILES string of the molecule is CC(C)(CC=O)CCC(=O)O. The van der Waals surface area contributed by atoms with E-state index in [1.165, 1.54) is 0 Å². The Morgan fingerprint density at radius 2 is 2.09 bits per heavy atom. The lowest BCUT2D eigenvalue weighted by Gasteiger charge is -2.19. The first kappa shape index (κ1) is 10.1. The number of rotatable bonds is 5. The number of carbonyl (C=O) groups excluding carboxylic acids is 1. The molecular formula is C8H14O3. The van der Waals surface area contributed by atoms with Gasteiger partial charge in [-0.15, -0.1) is 0 Å². The second-order valence-electron chi connectivity index (χ2n) is 3.43. The molecule has 0 radical (unpaired) electrons. The van der Waals surface area contributed by atoms with Crippen molar-refractivity contribution in [1.29, 1.82) is 0 Å². The minimum Gasteiger partial charge on any atom is -0.481 e. The molecule has 11 heavy (non-hydrogen) atoms. The number of hydrogen-bond donors (Lipinski definition) is 1. The third kappa shape index (κ3) is 5.58. The van der Waals surface area contributed by atoms with Crippen LogP contribution in [0.3, 0.4) is 0 Å². The lowest BCUT2D eigenvalue weighted by Crippen LogP contribution is -2.13. The molecule has 64 valence electrons. The van der Waals surface area contributed by atoms with E-state index in [9.17, 15) is 9.59 Å². The zero-order chi connectivity index (χ0) is 8.91. The van der Waals surface area contributed by atoms with E-state index in [4.69, 9.17) is 5.11 Å². The predicted octanol–water partition coefficient (Wildman–Crippen LogP) is 1.47. The Morgan fingerprint density at radius 3 is 2.45 bits per heavy atom. The molecule has 0 saturated heterocycles. The highest BCUT2D eigenvalue weighted by Gasteiger charge is 2.17. The number of carboxylic acids is 1. The molecule has 0 aliphatic carbocycles. The number of carboxylic acid groups (broad SMARTS) is 1. The van der Waals surface area contributed by atoms with Crippen LogP contribution in [0, 0.1) is 5.41 Å². The maximum Gasteiger partial charge on any atom is 0.303 e. The number of hydrogen-bond acceptors (Lipinski definition) is 2. The van der Waals surface area contributed by atoms with E-state index < -0.39 is 5.97 Å². The predicted molar refractivity (Wildman–Crippen MR) is 41.3 cm³/mol. The Morgan fingerprint density at radius 1 is 1.55 bits per heavy atom. The van der Waals surface area contributed by atoms with E-state index in [0.717, 1.165) is 6.29 Å². The maximum atomic E-state index is 10.2. The maximum absolute atomic E-state index is 10.2. The molecular weight excluding hydrogens is 144 g/mol. The van der Waals surface area contributed by atoms with Crippen molar-refractivity contribution in [2.45, 2.75) is 33.1 Å². The Bertz CT molecular complexity index is 149. The van der Waals surface area contributed by atoms with E-state index >= 15 is 0 Å². The lowest BCUT2D eigenvalue weighted by molar-refractivity contribution is -0.137. The standard InChI is InChI=1S/C8H14O3/c1-8(2,5-6-9)4-3-7(10)11/h6H,3-5H2,1-2H3,(H,10,11).